The van der Waals surface area contributed by atoms with Crippen LogP contribution in [0.5, 0.6) is 28.7 Å². The van der Waals surface area contributed by atoms with Crippen LogP contribution in [0, 0.1) is 12.7 Å². The molecule has 0 aliphatic heterocycles. The molecule has 13 rings (SSSR count). The number of hydrogen-bond donors (Lipinski definition) is 5. The van der Waals surface area contributed by atoms with E-state index >= 15 is 0 Å². The summed E-state index contributed by atoms with van der Waals surface area (Å²) in [7, 11) is 3.98. The zero-order valence-corrected chi connectivity index (χ0v) is 94.3. The van der Waals surface area contributed by atoms with Gasteiger partial charge in [0.25, 0.3) is 0 Å². The van der Waals surface area contributed by atoms with E-state index in [9.17, 15) is 29.9 Å². The van der Waals surface area contributed by atoms with Gasteiger partial charge in [0.1, 0.15) is 34.6 Å². The molecule has 740 valence electrons. The lowest BCUT2D eigenvalue weighted by Crippen LogP contribution is -2.48. The lowest BCUT2D eigenvalue weighted by atomic mass is 9.98. The van der Waals surface area contributed by atoms with Crippen LogP contribution in [0.3, 0.4) is 0 Å². The highest BCUT2D eigenvalue weighted by molar-refractivity contribution is 7.57. The molecule has 0 aliphatic rings. The van der Waals surface area contributed by atoms with E-state index in [-0.39, 0.29) is 48.4 Å². The van der Waals surface area contributed by atoms with Crippen molar-refractivity contribution in [1.82, 2.24) is 0 Å². The fourth-order valence-corrected chi connectivity index (χ4v) is 28.6. The minimum Gasteiger partial charge on any atom is -0.467 e. The predicted molar refractivity (Wildman–Crippen MR) is 602 cm³/mol. The number of aliphatic hydroxyl groups is 5. The number of benzene rings is 13. The van der Waals surface area contributed by atoms with Gasteiger partial charge in [-0.25, -0.2) is 4.39 Å². The maximum atomic E-state index is 14.0. The van der Waals surface area contributed by atoms with Gasteiger partial charge >= 0.3 is 0 Å². The van der Waals surface area contributed by atoms with Gasteiger partial charge in [-0.15, -0.1) is 0 Å². The van der Waals surface area contributed by atoms with Gasteiger partial charge in [-0.2, -0.15) is 0 Å². The van der Waals surface area contributed by atoms with Crippen LogP contribution in [-0.4, -0.2) is 127 Å². The summed E-state index contributed by atoms with van der Waals surface area (Å²) in [6.45, 7) is 40.3. The molecule has 5 N–H and O–H groups in total. The van der Waals surface area contributed by atoms with Crippen molar-refractivity contribution in [3.63, 3.8) is 0 Å². The zero-order valence-electron chi connectivity index (χ0n) is 85.3. The predicted octanol–water partition coefficient (Wildman–Crippen LogP) is 19.2. The van der Waals surface area contributed by atoms with Crippen molar-refractivity contribution in [1.29, 1.82) is 0 Å². The fraction of sp³-hybridized carbons (Fsp3) is 0.316. The highest BCUT2D eigenvalue weighted by Crippen LogP contribution is 2.35. The van der Waals surface area contributed by atoms with Crippen LogP contribution < -0.4 is 97.5 Å². The number of para-hydroxylation sites is 1. The van der Waals surface area contributed by atoms with Crippen molar-refractivity contribution >= 4 is 149 Å². The van der Waals surface area contributed by atoms with Gasteiger partial charge in [-0.05, 0) is 189 Å². The first-order valence-electron chi connectivity index (χ1n) is 47.1. The average Bonchev–Trinajstić information content (AvgIpc) is 0.776. The van der Waals surface area contributed by atoms with Crippen molar-refractivity contribution in [3.05, 3.63) is 352 Å². The number of aliphatic hydroxyl groups excluding tert-OH is 5. The van der Waals surface area contributed by atoms with Crippen LogP contribution in [0.2, 0.25) is 78.6 Å². The van der Waals surface area contributed by atoms with Gasteiger partial charge in [-0.3, -0.25) is 0 Å². The van der Waals surface area contributed by atoms with Gasteiger partial charge in [-0.1, -0.05) is 380 Å². The van der Waals surface area contributed by atoms with Gasteiger partial charge < -0.3 is 72.9 Å². The van der Waals surface area contributed by atoms with Crippen LogP contribution in [0.15, 0.2) is 279 Å². The Morgan fingerprint density at radius 3 is 1.05 bits per heavy atom. The second kappa shape index (κ2) is 55.9. The third-order valence-corrected chi connectivity index (χ3v) is 37.7. The SMILES string of the molecule is COCOc1c(Cc2ccccc2)cc(Cc2ccccc2)cc1Pc1ccc(F)cc1C(C)O.COCOc1c(Pc2ccccc2C(C)O)cc([Si](C)(C)C)cc1[Si](C)(C)C.COCOc1c(Pc2ccccc2C(C)O)cccc1[Si](C)(C)C.COCOc1ccc(Cc2ccccc2)cc1Pc1ccc(C)cc1C(C)O.COCOc1ccc([Si](C)(C)C)cc1Pc1ccccc1C(C)O. The Hall–Kier alpha value is -8.59. The van der Waals surface area contributed by atoms with Crippen LogP contribution in [0.4, 0.5) is 4.39 Å². The quantitative estimate of drug-likeness (QED) is 0.0138. The zero-order chi connectivity index (χ0) is 101. The molecule has 10 atom stereocenters. The third kappa shape index (κ3) is 35.7. The van der Waals surface area contributed by atoms with E-state index < -0.39 is 62.8 Å². The second-order valence-corrected chi connectivity index (χ2v) is 65.5. The molecule has 13 aromatic rings. The summed E-state index contributed by atoms with van der Waals surface area (Å²) >= 11 is 0. The highest BCUT2D eigenvalue weighted by Gasteiger charge is 2.31. The lowest BCUT2D eigenvalue weighted by Gasteiger charge is -2.28. The molecule has 10 unspecified atom stereocenters. The molecule has 0 aliphatic carbocycles. The summed E-state index contributed by atoms with van der Waals surface area (Å²) in [5.74, 6) is 4.06. The Morgan fingerprint density at radius 2 is 0.604 bits per heavy atom. The summed E-state index contributed by atoms with van der Waals surface area (Å²) in [6.07, 6.45) is -0.325. The molecule has 0 heterocycles. The van der Waals surface area contributed by atoms with Gasteiger partial charge in [0.05, 0.1) is 62.8 Å². The summed E-state index contributed by atoms with van der Waals surface area (Å²) in [4.78, 5) is 0. The van der Waals surface area contributed by atoms with E-state index in [0.717, 1.165) is 107 Å². The van der Waals surface area contributed by atoms with Crippen molar-refractivity contribution in [2.75, 3.05) is 69.5 Å². The van der Waals surface area contributed by atoms with Gasteiger partial charge in [0, 0.05) is 68.5 Å². The molecule has 0 fully saturated rings. The first kappa shape index (κ1) is 114. The second-order valence-electron chi connectivity index (χ2n) is 38.6. The minimum atomic E-state index is -1.63. The van der Waals surface area contributed by atoms with E-state index in [4.69, 9.17) is 47.4 Å². The van der Waals surface area contributed by atoms with Gasteiger partial charge in [0.15, 0.2) is 34.0 Å². The Morgan fingerprint density at radius 1 is 0.259 bits per heavy atom. The van der Waals surface area contributed by atoms with Crippen molar-refractivity contribution < 1.29 is 77.3 Å². The standard InChI is InChI=1S/C30H30FO3P.C24H27O3P.C22H35O3PSi2.2C19H27O3PSi/c1-21(32)27-19-26(31)13-14-28(27)35-29-18-24(15-22-9-5-3-6-10-22)17-25(30(29)34-20-33-2)16-23-11-7-4-8-12-23;1-17-9-12-23(21(13-17)18(2)25)28-24-15-20(10-11-22(24)27-16-26-3)14-19-7-5-4-6-8-19;1-16(23)18-11-9-10-12-19(18)26-20-13-17(27(3,4)5)14-21(28(6,7)8)22(20)25-15-24-2;1-14(20)15-9-6-7-10-16(15)23-17-11-8-12-18(24(3,4)5)19(17)22-13-21-2;1-14(20)16-8-6-7-9-18(16)23-19-12-15(24(3,4)5)10-11-17(19)22-13-21-2/h3-14,17-19,21,32,35H,15-16,20H2,1-2H3;4-13,15,18,25,28H,14,16H2,1-3H3;9-14,16,23,26H,15H2,1-8H3;2*6-12,14,20,23H,13H2,1-5H3. The van der Waals surface area contributed by atoms with Crippen LogP contribution >= 0.6 is 42.9 Å². The Labute approximate surface area is 840 Å². The van der Waals surface area contributed by atoms with E-state index in [1.165, 1.54) is 81.9 Å². The molecule has 139 heavy (non-hydrogen) atoms. The molecule has 0 saturated carbocycles. The summed E-state index contributed by atoms with van der Waals surface area (Å²) in [5.41, 5.74) is 12.9. The van der Waals surface area contributed by atoms with Crippen molar-refractivity contribution in [2.24, 2.45) is 0 Å². The molecule has 0 spiro atoms. The first-order chi connectivity index (χ1) is 66.2. The van der Waals surface area contributed by atoms with E-state index in [2.05, 4.69) is 236 Å². The minimum absolute atomic E-state index is 0.129. The fourth-order valence-electron chi connectivity index (χ4n) is 15.5. The molecule has 13 aromatic carbocycles. The van der Waals surface area contributed by atoms with Crippen molar-refractivity contribution in [3.8, 4) is 28.7 Å². The maximum Gasteiger partial charge on any atom is 0.188 e. The topological polar surface area (TPSA) is 193 Å². The molecule has 0 aromatic heterocycles. The largest absolute Gasteiger partial charge is 0.467 e. The summed E-state index contributed by atoms with van der Waals surface area (Å²) in [6, 6.07) is 94.7. The number of methoxy groups -OCH3 is 5. The molecular formula is C114H146FO15P5Si4. The van der Waals surface area contributed by atoms with Crippen LogP contribution in [-0.2, 0) is 42.9 Å². The number of rotatable bonds is 40. The Balaban J connectivity index is 0.000000196. The Bertz CT molecular complexity index is 5940. The smallest absolute Gasteiger partial charge is 0.188 e. The van der Waals surface area contributed by atoms with Crippen LogP contribution in [0.25, 0.3) is 0 Å². The molecule has 0 radical (unpaired) electrons. The van der Waals surface area contributed by atoms with E-state index in [1.54, 1.807) is 48.5 Å². The highest BCUT2D eigenvalue weighted by atomic mass is 31.1. The number of ether oxygens (including phenoxy) is 10. The van der Waals surface area contributed by atoms with Gasteiger partial charge in [0.2, 0.25) is 0 Å². The Kier molecular flexibility index (Phi) is 45.8. The first-order valence-corrected chi connectivity index (χ1v) is 66.1. The van der Waals surface area contributed by atoms with Crippen molar-refractivity contribution in [2.45, 2.75) is 170 Å². The third-order valence-electron chi connectivity index (χ3n) is 22.8. The number of halogens is 1. The summed E-state index contributed by atoms with van der Waals surface area (Å²) in [5, 5.41) is 67.6. The average molecular weight is 2040 g/mol. The number of aryl methyl sites for hydroxylation is 1. The molecule has 15 nitrogen and oxygen atoms in total. The molecule has 0 saturated heterocycles. The molecule has 25 heteroatoms. The van der Waals surface area contributed by atoms with Crippen LogP contribution in [0.1, 0.15) is 132 Å². The maximum absolute atomic E-state index is 14.0. The van der Waals surface area contributed by atoms with E-state index in [0.29, 0.717) is 46.3 Å². The van der Waals surface area contributed by atoms with E-state index in [1.807, 2.05) is 138 Å². The molecular weight excluding hydrogens is 1900 g/mol. The molecule has 0 bridgehead atoms. The summed E-state index contributed by atoms with van der Waals surface area (Å²) < 4.78 is 69.6. The normalized spacial score (nSPS) is 13.0. The number of hydrogen-bond acceptors (Lipinski definition) is 15. The monoisotopic (exact) mass is 2040 g/mol. The molecule has 0 amide bonds. The lowest BCUT2D eigenvalue weighted by molar-refractivity contribution is 0.0512.